The van der Waals surface area contributed by atoms with E-state index in [4.69, 9.17) is 10.5 Å². The van der Waals surface area contributed by atoms with Crippen LogP contribution in [0.3, 0.4) is 0 Å². The molecule has 0 aliphatic carbocycles. The summed E-state index contributed by atoms with van der Waals surface area (Å²) in [6.45, 7) is 1.03. The van der Waals surface area contributed by atoms with Gasteiger partial charge in [-0.05, 0) is 59.9 Å². The first-order chi connectivity index (χ1) is 15.0. The third kappa shape index (κ3) is 5.02. The highest BCUT2D eigenvalue weighted by Gasteiger charge is 2.20. The lowest BCUT2D eigenvalue weighted by molar-refractivity contribution is 0.0697. The van der Waals surface area contributed by atoms with E-state index >= 15 is 0 Å². The van der Waals surface area contributed by atoms with E-state index in [-0.39, 0.29) is 11.7 Å². The van der Waals surface area contributed by atoms with Gasteiger partial charge in [-0.1, -0.05) is 24.3 Å². The summed E-state index contributed by atoms with van der Waals surface area (Å²) >= 11 is 0. The number of fused-ring (bicyclic) bond motifs is 1. The molecule has 2 atom stereocenters. The van der Waals surface area contributed by atoms with Crippen molar-refractivity contribution in [1.82, 2.24) is 10.3 Å². The minimum atomic E-state index is -0.934. The highest BCUT2D eigenvalue weighted by Crippen LogP contribution is 2.32. The molecule has 7 nitrogen and oxygen atoms in total. The van der Waals surface area contributed by atoms with Crippen molar-refractivity contribution < 1.29 is 19.7 Å². The van der Waals surface area contributed by atoms with E-state index in [1.807, 2.05) is 18.2 Å². The quantitative estimate of drug-likeness (QED) is 0.465. The molecule has 31 heavy (non-hydrogen) atoms. The van der Waals surface area contributed by atoms with Gasteiger partial charge in [0.1, 0.15) is 17.7 Å². The topological polar surface area (TPSA) is 118 Å². The van der Waals surface area contributed by atoms with E-state index in [1.54, 1.807) is 36.5 Å². The number of aryl methyl sites for hydroxylation is 1. The average Bonchev–Trinajstić information content (AvgIpc) is 2.79. The van der Waals surface area contributed by atoms with Crippen LogP contribution in [0, 0.1) is 0 Å². The van der Waals surface area contributed by atoms with Crippen LogP contribution in [0.15, 0.2) is 60.8 Å². The maximum Gasteiger partial charge on any atom is 0.335 e. The Labute approximate surface area is 180 Å². The third-order valence-electron chi connectivity index (χ3n) is 5.44. The smallest absolute Gasteiger partial charge is 0.335 e. The number of nitrogens with zero attached hydrogens (tertiary/aromatic N) is 1. The summed E-state index contributed by atoms with van der Waals surface area (Å²) in [5.41, 5.74) is 9.53. The first-order valence-corrected chi connectivity index (χ1v) is 10.2. The molecule has 0 bridgehead atoms. The predicted octanol–water partition coefficient (Wildman–Crippen LogP) is 3.05. The molecule has 1 aliphatic rings. The van der Waals surface area contributed by atoms with Gasteiger partial charge in [-0.15, -0.1) is 0 Å². The van der Waals surface area contributed by atoms with Gasteiger partial charge >= 0.3 is 5.97 Å². The standard InChI is InChI=1S/C24H25N3O4/c25-23-9-6-19(12-27-23)21(28)14-26-13-20-7-4-17-10-16(5-8-22(17)31-20)15-2-1-3-18(11-15)24(29)30/h1-3,5-6,8-12,20-21,26,28H,4,7,13-14H2,(H2,25,27)(H,29,30)/t20-,21+/m1/s1. The van der Waals surface area contributed by atoms with Gasteiger partial charge in [-0.3, -0.25) is 0 Å². The summed E-state index contributed by atoms with van der Waals surface area (Å²) in [5.74, 6) is 0.340. The zero-order valence-corrected chi connectivity index (χ0v) is 17.0. The number of hydrogen-bond donors (Lipinski definition) is 4. The fourth-order valence-corrected chi connectivity index (χ4v) is 3.71. The average molecular weight is 419 g/mol. The summed E-state index contributed by atoms with van der Waals surface area (Å²) in [6.07, 6.45) is 2.67. The highest BCUT2D eigenvalue weighted by molar-refractivity contribution is 5.89. The van der Waals surface area contributed by atoms with Gasteiger partial charge in [-0.25, -0.2) is 9.78 Å². The van der Waals surface area contributed by atoms with Crippen molar-refractivity contribution in [2.24, 2.45) is 0 Å². The zero-order chi connectivity index (χ0) is 21.8. The van der Waals surface area contributed by atoms with Crippen molar-refractivity contribution in [3.63, 3.8) is 0 Å². The Bertz CT molecular complexity index is 1070. The molecule has 7 heteroatoms. The lowest BCUT2D eigenvalue weighted by Gasteiger charge is -2.27. The van der Waals surface area contributed by atoms with Crippen LogP contribution >= 0.6 is 0 Å². The van der Waals surface area contributed by atoms with Gasteiger partial charge in [0.2, 0.25) is 0 Å². The molecule has 1 aliphatic heterocycles. The number of anilines is 1. The molecule has 0 spiro atoms. The van der Waals surface area contributed by atoms with Crippen molar-refractivity contribution in [3.8, 4) is 16.9 Å². The molecule has 2 aromatic carbocycles. The minimum Gasteiger partial charge on any atom is -0.489 e. The van der Waals surface area contributed by atoms with Crippen LogP contribution in [0.4, 0.5) is 5.82 Å². The van der Waals surface area contributed by atoms with Crippen LogP contribution in [0.2, 0.25) is 0 Å². The van der Waals surface area contributed by atoms with Gasteiger partial charge < -0.3 is 26.0 Å². The monoisotopic (exact) mass is 419 g/mol. The molecule has 3 aromatic rings. The molecule has 0 radical (unpaired) electrons. The number of pyridine rings is 1. The Morgan fingerprint density at radius 1 is 1.19 bits per heavy atom. The van der Waals surface area contributed by atoms with Crippen LogP contribution in [0.1, 0.15) is 34.0 Å². The van der Waals surface area contributed by atoms with Crippen molar-refractivity contribution in [1.29, 1.82) is 0 Å². The number of aromatic carboxylic acids is 1. The van der Waals surface area contributed by atoms with E-state index in [9.17, 15) is 15.0 Å². The van der Waals surface area contributed by atoms with Crippen molar-refractivity contribution in [3.05, 3.63) is 77.5 Å². The van der Waals surface area contributed by atoms with Gasteiger partial charge in [0, 0.05) is 24.8 Å². The number of aromatic nitrogens is 1. The van der Waals surface area contributed by atoms with E-state index in [1.165, 1.54) is 0 Å². The van der Waals surface area contributed by atoms with Crippen LogP contribution in [-0.4, -0.2) is 40.4 Å². The summed E-state index contributed by atoms with van der Waals surface area (Å²) in [6, 6.07) is 16.3. The number of carboxylic acids is 1. The third-order valence-corrected chi connectivity index (χ3v) is 5.44. The second-order valence-electron chi connectivity index (χ2n) is 7.68. The number of benzene rings is 2. The number of aliphatic hydroxyl groups is 1. The number of nitrogens with one attached hydrogen (secondary N) is 1. The molecule has 0 unspecified atom stereocenters. The van der Waals surface area contributed by atoms with Crippen LogP contribution in [0.5, 0.6) is 5.75 Å². The summed E-state index contributed by atoms with van der Waals surface area (Å²) < 4.78 is 6.12. The molecule has 4 rings (SSSR count). The Morgan fingerprint density at radius 2 is 2.03 bits per heavy atom. The minimum absolute atomic E-state index is 0.0189. The van der Waals surface area contributed by atoms with Crippen molar-refractivity contribution in [2.75, 3.05) is 18.8 Å². The van der Waals surface area contributed by atoms with Crippen LogP contribution in [0.25, 0.3) is 11.1 Å². The number of ether oxygens (including phenoxy) is 1. The fourth-order valence-electron chi connectivity index (χ4n) is 3.71. The molecule has 0 amide bonds. The number of nitrogen functional groups attached to an aromatic ring is 1. The maximum absolute atomic E-state index is 11.2. The Kier molecular flexibility index (Phi) is 6.16. The van der Waals surface area contributed by atoms with Gasteiger partial charge in [0.05, 0.1) is 11.7 Å². The summed E-state index contributed by atoms with van der Waals surface area (Å²) in [5, 5.41) is 22.7. The van der Waals surface area contributed by atoms with E-state index in [0.717, 1.165) is 40.8 Å². The molecule has 0 fully saturated rings. The van der Waals surface area contributed by atoms with Gasteiger partial charge in [-0.2, -0.15) is 0 Å². The first-order valence-electron chi connectivity index (χ1n) is 10.2. The van der Waals surface area contributed by atoms with E-state index < -0.39 is 12.1 Å². The highest BCUT2D eigenvalue weighted by atomic mass is 16.5. The summed E-state index contributed by atoms with van der Waals surface area (Å²) in [4.78, 5) is 15.2. The SMILES string of the molecule is Nc1ccc([C@@H](O)CNC[C@H]2CCc3cc(-c4cccc(C(=O)O)c4)ccc3O2)cn1. The number of carbonyl (C=O) groups is 1. The van der Waals surface area contributed by atoms with Crippen LogP contribution in [-0.2, 0) is 6.42 Å². The second-order valence-corrected chi connectivity index (χ2v) is 7.68. The maximum atomic E-state index is 11.2. The molecular weight excluding hydrogens is 394 g/mol. The zero-order valence-electron chi connectivity index (χ0n) is 17.0. The number of hydrogen-bond acceptors (Lipinski definition) is 6. The normalized spacial score (nSPS) is 16.2. The summed E-state index contributed by atoms with van der Waals surface area (Å²) in [7, 11) is 0. The van der Waals surface area contributed by atoms with Gasteiger partial charge in [0.15, 0.2) is 0 Å². The first kappa shape index (κ1) is 20.8. The Morgan fingerprint density at radius 3 is 2.81 bits per heavy atom. The lowest BCUT2D eigenvalue weighted by Crippen LogP contribution is -2.36. The number of rotatable bonds is 7. The molecule has 0 saturated carbocycles. The van der Waals surface area contributed by atoms with Crippen molar-refractivity contribution in [2.45, 2.75) is 25.0 Å². The number of aliphatic hydroxyl groups excluding tert-OH is 1. The van der Waals surface area contributed by atoms with E-state index in [2.05, 4.69) is 16.4 Å². The molecular formula is C24H25N3O4. The largest absolute Gasteiger partial charge is 0.489 e. The van der Waals surface area contributed by atoms with Crippen LogP contribution < -0.4 is 15.8 Å². The number of nitrogens with two attached hydrogens (primary N) is 1. The molecule has 160 valence electrons. The van der Waals surface area contributed by atoms with Gasteiger partial charge in [0.25, 0.3) is 0 Å². The number of carboxylic acid groups (broad SMARTS) is 1. The fraction of sp³-hybridized carbons (Fsp3) is 0.250. The second kappa shape index (κ2) is 9.16. The molecule has 1 aromatic heterocycles. The molecule has 5 N–H and O–H groups in total. The lowest BCUT2D eigenvalue weighted by atomic mass is 9.96. The Balaban J connectivity index is 1.34. The van der Waals surface area contributed by atoms with E-state index in [0.29, 0.717) is 18.9 Å². The molecule has 2 heterocycles. The van der Waals surface area contributed by atoms with Crippen molar-refractivity contribution >= 4 is 11.8 Å². The Hall–Kier alpha value is -3.42. The predicted molar refractivity (Wildman–Crippen MR) is 118 cm³/mol. The molecule has 0 saturated heterocycles.